The molecule has 2 nitrogen and oxygen atoms in total. The van der Waals surface area contributed by atoms with Gasteiger partial charge in [-0.1, -0.05) is 6.92 Å². The molecule has 0 amide bonds. The van der Waals surface area contributed by atoms with E-state index in [1.807, 2.05) is 6.92 Å². The molecular formula is C13H16ClFN2S. The standard InChI is InChI=1S/C13H15FN2S.ClH/c1-3-15-8-12-16-13(9(2)17-12)10-4-6-11(14)7-5-10;/h4-7,15H,3,8H2,1-2H3;1H. The highest BCUT2D eigenvalue weighted by molar-refractivity contribution is 7.12. The quantitative estimate of drug-likeness (QED) is 0.925. The molecule has 0 saturated heterocycles. The van der Waals surface area contributed by atoms with E-state index in [1.54, 1.807) is 23.5 Å². The number of benzene rings is 1. The number of hydrogen-bond acceptors (Lipinski definition) is 3. The summed E-state index contributed by atoms with van der Waals surface area (Å²) in [7, 11) is 0. The van der Waals surface area contributed by atoms with Gasteiger partial charge >= 0.3 is 0 Å². The minimum absolute atomic E-state index is 0. The van der Waals surface area contributed by atoms with Gasteiger partial charge in [-0.05, 0) is 37.7 Å². The van der Waals surface area contributed by atoms with Crippen LogP contribution in [0.25, 0.3) is 11.3 Å². The lowest BCUT2D eigenvalue weighted by molar-refractivity contribution is 0.628. The summed E-state index contributed by atoms with van der Waals surface area (Å²) in [5.41, 5.74) is 1.94. The number of aryl methyl sites for hydroxylation is 1. The minimum atomic E-state index is -0.213. The molecular weight excluding hydrogens is 271 g/mol. The molecule has 0 aliphatic rings. The van der Waals surface area contributed by atoms with E-state index in [9.17, 15) is 4.39 Å². The van der Waals surface area contributed by atoms with Crippen LogP contribution in [0.2, 0.25) is 0 Å². The van der Waals surface area contributed by atoms with Crippen LogP contribution in [-0.2, 0) is 6.54 Å². The summed E-state index contributed by atoms with van der Waals surface area (Å²) >= 11 is 1.69. The number of aromatic nitrogens is 1. The van der Waals surface area contributed by atoms with Crippen molar-refractivity contribution in [2.45, 2.75) is 20.4 Å². The number of hydrogen-bond donors (Lipinski definition) is 1. The zero-order valence-corrected chi connectivity index (χ0v) is 12.0. The van der Waals surface area contributed by atoms with Crippen LogP contribution in [0.4, 0.5) is 4.39 Å². The van der Waals surface area contributed by atoms with Gasteiger partial charge in [-0.2, -0.15) is 0 Å². The van der Waals surface area contributed by atoms with E-state index in [1.165, 1.54) is 17.0 Å². The van der Waals surface area contributed by atoms with Gasteiger partial charge in [0.15, 0.2) is 0 Å². The monoisotopic (exact) mass is 286 g/mol. The Kier molecular flexibility index (Phi) is 5.72. The van der Waals surface area contributed by atoms with Crippen LogP contribution in [0, 0.1) is 12.7 Å². The van der Waals surface area contributed by atoms with Crippen LogP contribution in [0.5, 0.6) is 0 Å². The molecule has 0 fully saturated rings. The summed E-state index contributed by atoms with van der Waals surface area (Å²) in [5.74, 6) is -0.213. The van der Waals surface area contributed by atoms with Crippen LogP contribution < -0.4 is 5.32 Å². The maximum absolute atomic E-state index is 12.8. The summed E-state index contributed by atoms with van der Waals surface area (Å²) in [6, 6.07) is 6.49. The fourth-order valence-electron chi connectivity index (χ4n) is 1.63. The van der Waals surface area contributed by atoms with Crippen molar-refractivity contribution in [1.29, 1.82) is 0 Å². The third kappa shape index (κ3) is 3.51. The number of nitrogens with one attached hydrogen (secondary N) is 1. The lowest BCUT2D eigenvalue weighted by Gasteiger charge is -1.98. The van der Waals surface area contributed by atoms with Crippen LogP contribution in [-0.4, -0.2) is 11.5 Å². The molecule has 98 valence electrons. The summed E-state index contributed by atoms with van der Waals surface area (Å²) in [5, 5.41) is 4.33. The van der Waals surface area contributed by atoms with Crippen molar-refractivity contribution >= 4 is 23.7 Å². The fourth-order valence-corrected chi connectivity index (χ4v) is 2.56. The molecule has 1 N–H and O–H groups in total. The molecule has 0 saturated carbocycles. The van der Waals surface area contributed by atoms with Crippen molar-refractivity contribution in [3.05, 3.63) is 40.0 Å². The Bertz CT molecular complexity index is 496. The van der Waals surface area contributed by atoms with Crippen molar-refractivity contribution < 1.29 is 4.39 Å². The average molecular weight is 287 g/mol. The second-order valence-corrected chi connectivity index (χ2v) is 5.09. The van der Waals surface area contributed by atoms with Crippen molar-refractivity contribution in [2.24, 2.45) is 0 Å². The molecule has 5 heteroatoms. The Hall–Kier alpha value is -0.970. The maximum atomic E-state index is 12.8. The second-order valence-electron chi connectivity index (χ2n) is 3.80. The van der Waals surface area contributed by atoms with E-state index < -0.39 is 0 Å². The maximum Gasteiger partial charge on any atom is 0.123 e. The first-order valence-corrected chi connectivity index (χ1v) is 6.45. The number of rotatable bonds is 4. The topological polar surface area (TPSA) is 24.9 Å². The van der Waals surface area contributed by atoms with E-state index in [2.05, 4.69) is 17.2 Å². The first-order chi connectivity index (χ1) is 8.20. The molecule has 0 unspecified atom stereocenters. The molecule has 0 atom stereocenters. The molecule has 1 heterocycles. The van der Waals surface area contributed by atoms with Crippen LogP contribution >= 0.6 is 23.7 Å². The summed E-state index contributed by atoms with van der Waals surface area (Å²) < 4.78 is 12.8. The molecule has 0 spiro atoms. The SMILES string of the molecule is CCNCc1nc(-c2ccc(F)cc2)c(C)s1.Cl. The Morgan fingerprint density at radius 3 is 2.56 bits per heavy atom. The normalized spacial score (nSPS) is 10.2. The molecule has 0 aliphatic heterocycles. The van der Waals surface area contributed by atoms with Gasteiger partial charge in [0.2, 0.25) is 0 Å². The molecule has 18 heavy (non-hydrogen) atoms. The first kappa shape index (κ1) is 15.1. The second kappa shape index (κ2) is 6.83. The summed E-state index contributed by atoms with van der Waals surface area (Å²) in [6.45, 7) is 5.85. The van der Waals surface area contributed by atoms with E-state index in [0.717, 1.165) is 29.4 Å². The molecule has 0 radical (unpaired) electrons. The van der Waals surface area contributed by atoms with E-state index >= 15 is 0 Å². The summed E-state index contributed by atoms with van der Waals surface area (Å²) in [6.07, 6.45) is 0. The Balaban J connectivity index is 0.00000162. The van der Waals surface area contributed by atoms with Gasteiger partial charge in [-0.25, -0.2) is 9.37 Å². The molecule has 1 aromatic carbocycles. The van der Waals surface area contributed by atoms with Gasteiger partial charge in [0.1, 0.15) is 10.8 Å². The fraction of sp³-hybridized carbons (Fsp3) is 0.308. The third-order valence-electron chi connectivity index (χ3n) is 2.48. The van der Waals surface area contributed by atoms with Gasteiger partial charge < -0.3 is 5.32 Å². The minimum Gasteiger partial charge on any atom is -0.311 e. The van der Waals surface area contributed by atoms with E-state index in [-0.39, 0.29) is 18.2 Å². The van der Waals surface area contributed by atoms with Crippen molar-refractivity contribution in [3.63, 3.8) is 0 Å². The highest BCUT2D eigenvalue weighted by Gasteiger charge is 2.09. The van der Waals surface area contributed by atoms with Gasteiger partial charge in [0.05, 0.1) is 5.69 Å². The smallest absolute Gasteiger partial charge is 0.123 e. The largest absolute Gasteiger partial charge is 0.311 e. The predicted molar refractivity (Wildman–Crippen MR) is 76.9 cm³/mol. The molecule has 0 bridgehead atoms. The van der Waals surface area contributed by atoms with Crippen LogP contribution in [0.1, 0.15) is 16.8 Å². The molecule has 1 aromatic heterocycles. The zero-order valence-electron chi connectivity index (χ0n) is 10.4. The van der Waals surface area contributed by atoms with Crippen LogP contribution in [0.15, 0.2) is 24.3 Å². The average Bonchev–Trinajstić information content (AvgIpc) is 2.69. The lowest BCUT2D eigenvalue weighted by atomic mass is 10.1. The van der Waals surface area contributed by atoms with E-state index in [0.29, 0.717) is 0 Å². The number of halogens is 2. The first-order valence-electron chi connectivity index (χ1n) is 5.63. The van der Waals surface area contributed by atoms with Crippen LogP contribution in [0.3, 0.4) is 0 Å². The molecule has 2 rings (SSSR count). The predicted octanol–water partition coefficient (Wildman–Crippen LogP) is 3.79. The summed E-state index contributed by atoms with van der Waals surface area (Å²) in [4.78, 5) is 5.75. The van der Waals surface area contributed by atoms with Gasteiger partial charge in [-0.15, -0.1) is 23.7 Å². The van der Waals surface area contributed by atoms with Crippen molar-refractivity contribution in [2.75, 3.05) is 6.54 Å². The lowest BCUT2D eigenvalue weighted by Crippen LogP contribution is -2.11. The number of nitrogens with zero attached hydrogens (tertiary/aromatic N) is 1. The Morgan fingerprint density at radius 2 is 1.94 bits per heavy atom. The highest BCUT2D eigenvalue weighted by atomic mass is 35.5. The van der Waals surface area contributed by atoms with Gasteiger partial charge in [0, 0.05) is 17.0 Å². The third-order valence-corrected chi connectivity index (χ3v) is 3.46. The Morgan fingerprint density at radius 1 is 1.28 bits per heavy atom. The molecule has 0 aliphatic carbocycles. The van der Waals surface area contributed by atoms with Crippen molar-refractivity contribution in [1.82, 2.24) is 10.3 Å². The Labute approximate surface area is 117 Å². The molecule has 2 aromatic rings. The van der Waals surface area contributed by atoms with E-state index in [4.69, 9.17) is 0 Å². The van der Waals surface area contributed by atoms with Gasteiger partial charge in [0.25, 0.3) is 0 Å². The zero-order chi connectivity index (χ0) is 12.3. The number of thiazole rings is 1. The highest BCUT2D eigenvalue weighted by Crippen LogP contribution is 2.27. The van der Waals surface area contributed by atoms with Gasteiger partial charge in [-0.3, -0.25) is 0 Å². The van der Waals surface area contributed by atoms with Crippen molar-refractivity contribution in [3.8, 4) is 11.3 Å².